The molecular formula is C22H26FN3O6. The van der Waals surface area contributed by atoms with Crippen molar-refractivity contribution in [2.75, 3.05) is 37.7 Å². The van der Waals surface area contributed by atoms with Crippen molar-refractivity contribution in [3.8, 4) is 0 Å². The summed E-state index contributed by atoms with van der Waals surface area (Å²) in [6.07, 6.45) is 1.92. The third-order valence-electron chi connectivity index (χ3n) is 5.25. The molecule has 2 aliphatic heterocycles. The molecule has 0 saturated carbocycles. The van der Waals surface area contributed by atoms with Gasteiger partial charge in [-0.15, -0.1) is 0 Å². The van der Waals surface area contributed by atoms with Crippen molar-refractivity contribution in [3.63, 3.8) is 0 Å². The van der Waals surface area contributed by atoms with Crippen molar-refractivity contribution in [2.24, 2.45) is 0 Å². The zero-order chi connectivity index (χ0) is 23.3. The minimum absolute atomic E-state index is 0.192. The van der Waals surface area contributed by atoms with Gasteiger partial charge in [-0.05, 0) is 36.6 Å². The van der Waals surface area contributed by atoms with E-state index in [9.17, 15) is 23.6 Å². The molecule has 1 aromatic rings. The van der Waals surface area contributed by atoms with Crippen LogP contribution in [0, 0.1) is 5.82 Å². The lowest BCUT2D eigenvalue weighted by Crippen LogP contribution is -2.34. The van der Waals surface area contributed by atoms with E-state index in [2.05, 4.69) is 5.32 Å². The first kappa shape index (κ1) is 23.2. The Balaban J connectivity index is 1.67. The van der Waals surface area contributed by atoms with Crippen molar-refractivity contribution in [1.82, 2.24) is 10.2 Å². The maximum absolute atomic E-state index is 14.9. The minimum atomic E-state index is -0.594. The zero-order valence-electron chi connectivity index (χ0n) is 18.1. The predicted octanol–water partition coefficient (Wildman–Crippen LogP) is 1.86. The Morgan fingerprint density at radius 3 is 2.75 bits per heavy atom. The quantitative estimate of drug-likeness (QED) is 0.668. The summed E-state index contributed by atoms with van der Waals surface area (Å²) in [7, 11) is 0. The highest BCUT2D eigenvalue weighted by atomic mass is 19.1. The second-order valence-corrected chi connectivity index (χ2v) is 7.67. The molecule has 0 bridgehead atoms. The monoisotopic (exact) mass is 447 g/mol. The molecule has 0 radical (unpaired) electrons. The Labute approximate surface area is 185 Å². The van der Waals surface area contributed by atoms with Gasteiger partial charge in [-0.2, -0.15) is 0 Å². The number of nitrogens with zero attached hydrogens (tertiary/aromatic N) is 2. The van der Waals surface area contributed by atoms with Crippen LogP contribution in [0.2, 0.25) is 0 Å². The first-order valence-electron chi connectivity index (χ1n) is 10.4. The van der Waals surface area contributed by atoms with E-state index in [1.807, 2.05) is 0 Å². The Morgan fingerprint density at radius 2 is 2.06 bits per heavy atom. The third-order valence-corrected chi connectivity index (χ3v) is 5.25. The molecule has 32 heavy (non-hydrogen) atoms. The van der Waals surface area contributed by atoms with Crippen LogP contribution in [0.4, 0.5) is 14.9 Å². The summed E-state index contributed by atoms with van der Waals surface area (Å²) < 4.78 is 24.9. The molecule has 0 aromatic heterocycles. The summed E-state index contributed by atoms with van der Waals surface area (Å²) >= 11 is 0. The summed E-state index contributed by atoms with van der Waals surface area (Å²) in [5.74, 6) is -1.52. The van der Waals surface area contributed by atoms with Gasteiger partial charge in [0.05, 0.1) is 18.8 Å². The smallest absolute Gasteiger partial charge is 0.414 e. The average molecular weight is 447 g/mol. The second-order valence-electron chi connectivity index (χ2n) is 7.67. The number of halogens is 1. The van der Waals surface area contributed by atoms with E-state index < -0.39 is 24.0 Å². The fourth-order valence-corrected chi connectivity index (χ4v) is 3.63. The highest BCUT2D eigenvalue weighted by molar-refractivity contribution is 5.90. The van der Waals surface area contributed by atoms with Crippen molar-refractivity contribution >= 4 is 35.1 Å². The second kappa shape index (κ2) is 10.3. The Morgan fingerprint density at radius 1 is 1.28 bits per heavy atom. The maximum Gasteiger partial charge on any atom is 0.414 e. The van der Waals surface area contributed by atoms with Gasteiger partial charge in [0.2, 0.25) is 5.91 Å². The number of carbonyl (C=O) groups excluding carboxylic acids is 4. The first-order valence-corrected chi connectivity index (χ1v) is 10.4. The lowest BCUT2D eigenvalue weighted by molar-refractivity contribution is -0.150. The van der Waals surface area contributed by atoms with Crippen LogP contribution in [-0.4, -0.2) is 67.7 Å². The maximum atomic E-state index is 14.9. The number of rotatable bonds is 6. The van der Waals surface area contributed by atoms with Crippen LogP contribution >= 0.6 is 0 Å². The summed E-state index contributed by atoms with van der Waals surface area (Å²) in [4.78, 5) is 49.2. The van der Waals surface area contributed by atoms with E-state index >= 15 is 0 Å². The molecule has 1 atom stereocenters. The van der Waals surface area contributed by atoms with Gasteiger partial charge in [-0.3, -0.25) is 19.3 Å². The third kappa shape index (κ3) is 5.83. The number of ether oxygens (including phenoxy) is 2. The van der Waals surface area contributed by atoms with E-state index in [-0.39, 0.29) is 31.5 Å². The number of allylic oxidation sites excluding steroid dienone is 1. The van der Waals surface area contributed by atoms with Gasteiger partial charge in [0.1, 0.15) is 11.9 Å². The molecule has 1 saturated heterocycles. The van der Waals surface area contributed by atoms with Gasteiger partial charge < -0.3 is 19.7 Å². The largest absolute Gasteiger partial charge is 0.456 e. The van der Waals surface area contributed by atoms with E-state index in [4.69, 9.17) is 9.47 Å². The molecule has 10 heteroatoms. The SMILES string of the molecule is CC(=O)NCC1CN(c2ccc(C3=CCN(C(=O)COC(C)=O)CCC3)c(F)c2)C(=O)O1. The molecule has 1 unspecified atom stereocenters. The van der Waals surface area contributed by atoms with Crippen LogP contribution < -0.4 is 10.2 Å². The molecule has 3 rings (SSSR count). The molecule has 1 N–H and O–H groups in total. The fraction of sp³-hybridized carbons (Fsp3) is 0.455. The number of hydrogen-bond acceptors (Lipinski definition) is 6. The number of hydrogen-bond donors (Lipinski definition) is 1. The number of cyclic esters (lactones) is 1. The Kier molecular flexibility index (Phi) is 7.45. The predicted molar refractivity (Wildman–Crippen MR) is 113 cm³/mol. The van der Waals surface area contributed by atoms with Crippen LogP contribution in [-0.2, 0) is 23.9 Å². The minimum Gasteiger partial charge on any atom is -0.456 e. The normalized spacial score (nSPS) is 18.5. The first-order chi connectivity index (χ1) is 15.2. The molecule has 1 fully saturated rings. The molecule has 1 aromatic carbocycles. The standard InChI is InChI=1S/C22H26FN3O6/c1-14(27)24-11-18-12-26(22(30)32-18)17-5-6-19(20(23)10-17)16-4-3-8-25(9-7-16)21(29)13-31-15(2)28/h5-7,10,18H,3-4,8-9,11-13H2,1-2H3,(H,24,27). The molecule has 0 spiro atoms. The van der Waals surface area contributed by atoms with Crippen LogP contribution in [0.25, 0.3) is 5.57 Å². The highest BCUT2D eigenvalue weighted by Crippen LogP contribution is 2.30. The number of nitrogens with one attached hydrogen (secondary N) is 1. The number of benzene rings is 1. The summed E-state index contributed by atoms with van der Waals surface area (Å²) in [5.41, 5.74) is 1.55. The van der Waals surface area contributed by atoms with E-state index in [1.54, 1.807) is 23.1 Å². The number of amides is 3. The molecule has 2 aliphatic rings. The van der Waals surface area contributed by atoms with E-state index in [0.29, 0.717) is 37.2 Å². The van der Waals surface area contributed by atoms with Gasteiger partial charge in [-0.25, -0.2) is 9.18 Å². The van der Waals surface area contributed by atoms with Crippen molar-refractivity contribution < 1.29 is 33.0 Å². The highest BCUT2D eigenvalue weighted by Gasteiger charge is 2.32. The molecule has 3 amide bonds. The number of carbonyl (C=O) groups is 4. The van der Waals surface area contributed by atoms with Gasteiger partial charge in [0.15, 0.2) is 6.61 Å². The lowest BCUT2D eigenvalue weighted by atomic mass is 10.00. The van der Waals surface area contributed by atoms with Gasteiger partial charge in [0, 0.05) is 32.5 Å². The molecule has 0 aliphatic carbocycles. The number of anilines is 1. The number of esters is 1. The molecular weight excluding hydrogens is 421 g/mol. The van der Waals surface area contributed by atoms with Crippen LogP contribution in [0.15, 0.2) is 24.3 Å². The molecule has 2 heterocycles. The van der Waals surface area contributed by atoms with Crippen molar-refractivity contribution in [1.29, 1.82) is 0 Å². The van der Waals surface area contributed by atoms with Gasteiger partial charge in [-0.1, -0.05) is 6.08 Å². The molecule has 172 valence electrons. The zero-order valence-corrected chi connectivity index (χ0v) is 18.1. The summed E-state index contributed by atoms with van der Waals surface area (Å²) in [6, 6.07) is 4.55. The van der Waals surface area contributed by atoms with Gasteiger partial charge >= 0.3 is 12.1 Å². The summed E-state index contributed by atoms with van der Waals surface area (Å²) in [6.45, 7) is 3.48. The van der Waals surface area contributed by atoms with Crippen LogP contribution in [0.1, 0.15) is 32.3 Å². The topological polar surface area (TPSA) is 105 Å². The fourth-order valence-electron chi connectivity index (χ4n) is 3.63. The Hall–Kier alpha value is -3.43. The average Bonchev–Trinajstić information content (AvgIpc) is 2.94. The van der Waals surface area contributed by atoms with E-state index in [1.165, 1.54) is 24.8 Å². The molecule has 9 nitrogen and oxygen atoms in total. The Bertz CT molecular complexity index is 948. The summed E-state index contributed by atoms with van der Waals surface area (Å²) in [5, 5.41) is 2.60. The lowest BCUT2D eigenvalue weighted by Gasteiger charge is -2.18. The van der Waals surface area contributed by atoms with Crippen molar-refractivity contribution in [3.05, 3.63) is 35.7 Å². The van der Waals surface area contributed by atoms with Crippen molar-refractivity contribution in [2.45, 2.75) is 32.8 Å². The van der Waals surface area contributed by atoms with E-state index in [0.717, 1.165) is 5.57 Å². The van der Waals surface area contributed by atoms with Crippen LogP contribution in [0.3, 0.4) is 0 Å². The van der Waals surface area contributed by atoms with Crippen LogP contribution in [0.5, 0.6) is 0 Å². The van der Waals surface area contributed by atoms with Gasteiger partial charge in [0.25, 0.3) is 5.91 Å².